The first-order chi connectivity index (χ1) is 10.9. The van der Waals surface area contributed by atoms with Gasteiger partial charge < -0.3 is 15.5 Å². The van der Waals surface area contributed by atoms with Crippen molar-refractivity contribution in [1.82, 2.24) is 4.90 Å². The summed E-state index contributed by atoms with van der Waals surface area (Å²) in [4.78, 5) is 37.1. The third-order valence-electron chi connectivity index (χ3n) is 3.79. The number of halogens is 1. The van der Waals surface area contributed by atoms with E-state index in [1.165, 1.54) is 0 Å². The molecule has 7 heteroatoms. The van der Waals surface area contributed by atoms with Crippen molar-refractivity contribution in [2.45, 2.75) is 39.2 Å². The molecule has 1 aromatic rings. The van der Waals surface area contributed by atoms with Crippen molar-refractivity contribution in [2.75, 3.05) is 17.2 Å². The molecule has 23 heavy (non-hydrogen) atoms. The number of likely N-dealkylation sites (tertiary alicyclic amines) is 1. The van der Waals surface area contributed by atoms with Crippen LogP contribution in [0, 0.1) is 0 Å². The van der Waals surface area contributed by atoms with Crippen LogP contribution < -0.4 is 10.6 Å². The molecule has 1 unspecified atom stereocenters. The van der Waals surface area contributed by atoms with E-state index in [9.17, 15) is 14.4 Å². The smallest absolute Gasteiger partial charge is 0.246 e. The van der Waals surface area contributed by atoms with Crippen LogP contribution in [0.3, 0.4) is 0 Å². The van der Waals surface area contributed by atoms with Gasteiger partial charge in [-0.1, -0.05) is 18.5 Å². The van der Waals surface area contributed by atoms with Crippen LogP contribution in [0.2, 0.25) is 5.02 Å². The zero-order chi connectivity index (χ0) is 17.0. The molecule has 0 spiro atoms. The van der Waals surface area contributed by atoms with Crippen LogP contribution in [0.4, 0.5) is 11.4 Å². The Morgan fingerprint density at radius 2 is 2.09 bits per heavy atom. The Morgan fingerprint density at radius 3 is 2.70 bits per heavy atom. The highest BCUT2D eigenvalue weighted by atomic mass is 35.5. The van der Waals surface area contributed by atoms with Crippen LogP contribution in [0.5, 0.6) is 0 Å². The number of hydrogen-bond donors (Lipinski definition) is 2. The molecule has 0 saturated carbocycles. The number of carbonyl (C=O) groups is 3. The van der Waals surface area contributed by atoms with Gasteiger partial charge in [0.2, 0.25) is 17.7 Å². The monoisotopic (exact) mass is 337 g/mol. The van der Waals surface area contributed by atoms with Crippen molar-refractivity contribution in [3.8, 4) is 0 Å². The molecule has 0 bridgehead atoms. The second kappa shape index (κ2) is 7.46. The molecular formula is C16H20ClN3O3. The van der Waals surface area contributed by atoms with E-state index in [4.69, 9.17) is 11.6 Å². The van der Waals surface area contributed by atoms with Gasteiger partial charge in [0, 0.05) is 25.1 Å². The van der Waals surface area contributed by atoms with Crippen LogP contribution in [0.25, 0.3) is 0 Å². The summed E-state index contributed by atoms with van der Waals surface area (Å²) in [5.41, 5.74) is 0.963. The van der Waals surface area contributed by atoms with E-state index in [0.29, 0.717) is 35.8 Å². The molecule has 1 saturated heterocycles. The topological polar surface area (TPSA) is 78.5 Å². The summed E-state index contributed by atoms with van der Waals surface area (Å²) in [6.45, 7) is 4.03. The number of carbonyl (C=O) groups excluding carboxylic acids is 3. The van der Waals surface area contributed by atoms with Gasteiger partial charge in [0.25, 0.3) is 0 Å². The van der Waals surface area contributed by atoms with E-state index >= 15 is 0 Å². The summed E-state index contributed by atoms with van der Waals surface area (Å²) in [7, 11) is 0. The van der Waals surface area contributed by atoms with Crippen molar-refractivity contribution < 1.29 is 14.4 Å². The molecule has 124 valence electrons. The van der Waals surface area contributed by atoms with E-state index in [0.717, 1.165) is 6.42 Å². The summed E-state index contributed by atoms with van der Waals surface area (Å²) in [6.07, 6.45) is 1.62. The lowest BCUT2D eigenvalue weighted by Gasteiger charge is -2.23. The molecule has 0 radical (unpaired) electrons. The van der Waals surface area contributed by atoms with E-state index in [2.05, 4.69) is 10.6 Å². The van der Waals surface area contributed by atoms with Gasteiger partial charge in [-0.3, -0.25) is 14.4 Å². The summed E-state index contributed by atoms with van der Waals surface area (Å²) in [5, 5.41) is 5.80. The van der Waals surface area contributed by atoms with Gasteiger partial charge in [0.1, 0.15) is 6.04 Å². The van der Waals surface area contributed by atoms with Crippen molar-refractivity contribution in [1.29, 1.82) is 0 Å². The molecule has 1 aliphatic heterocycles. The Labute approximate surface area is 140 Å². The zero-order valence-electron chi connectivity index (χ0n) is 13.2. The second-order valence-electron chi connectivity index (χ2n) is 5.45. The van der Waals surface area contributed by atoms with Crippen molar-refractivity contribution in [3.05, 3.63) is 23.2 Å². The van der Waals surface area contributed by atoms with E-state index in [-0.39, 0.29) is 17.7 Å². The molecule has 1 heterocycles. The first kappa shape index (κ1) is 17.3. The van der Waals surface area contributed by atoms with E-state index < -0.39 is 6.04 Å². The molecule has 3 amide bonds. The number of anilines is 2. The first-order valence-electron chi connectivity index (χ1n) is 7.62. The fraction of sp³-hybridized carbons (Fsp3) is 0.438. The van der Waals surface area contributed by atoms with Crippen LogP contribution in [0.15, 0.2) is 18.2 Å². The molecule has 2 rings (SSSR count). The van der Waals surface area contributed by atoms with Crippen LogP contribution in [0.1, 0.15) is 33.1 Å². The Hall–Kier alpha value is -2.08. The highest BCUT2D eigenvalue weighted by Gasteiger charge is 2.29. The molecule has 1 aliphatic rings. The molecule has 1 fully saturated rings. The minimum atomic E-state index is -0.560. The Morgan fingerprint density at radius 1 is 1.35 bits per heavy atom. The average molecular weight is 338 g/mol. The number of benzene rings is 1. The van der Waals surface area contributed by atoms with Gasteiger partial charge in [-0.25, -0.2) is 0 Å². The van der Waals surface area contributed by atoms with Crippen LogP contribution >= 0.6 is 11.6 Å². The van der Waals surface area contributed by atoms with Gasteiger partial charge in [0.15, 0.2) is 0 Å². The van der Waals surface area contributed by atoms with Gasteiger partial charge in [-0.05, 0) is 31.5 Å². The third kappa shape index (κ3) is 4.22. The normalized spacial score (nSPS) is 15.4. The molecule has 1 aromatic carbocycles. The second-order valence-corrected chi connectivity index (χ2v) is 5.86. The maximum absolute atomic E-state index is 12.3. The summed E-state index contributed by atoms with van der Waals surface area (Å²) in [5.74, 6) is -0.440. The molecule has 1 atom stereocenters. The third-order valence-corrected chi connectivity index (χ3v) is 4.12. The van der Waals surface area contributed by atoms with E-state index in [1.54, 1.807) is 36.9 Å². The molecule has 6 nitrogen and oxygen atoms in total. The Bertz CT molecular complexity index is 633. The predicted molar refractivity (Wildman–Crippen MR) is 89.4 cm³/mol. The molecule has 0 aromatic heterocycles. The zero-order valence-corrected chi connectivity index (χ0v) is 13.9. The highest BCUT2D eigenvalue weighted by Crippen LogP contribution is 2.26. The Balaban J connectivity index is 2.09. The highest BCUT2D eigenvalue weighted by molar-refractivity contribution is 6.34. The molecule has 2 N–H and O–H groups in total. The summed E-state index contributed by atoms with van der Waals surface area (Å²) >= 11 is 6.10. The Kier molecular flexibility index (Phi) is 5.60. The van der Waals surface area contributed by atoms with Crippen molar-refractivity contribution >= 4 is 40.7 Å². The van der Waals surface area contributed by atoms with Gasteiger partial charge in [-0.2, -0.15) is 0 Å². The minimum Gasteiger partial charge on any atom is -0.331 e. The lowest BCUT2D eigenvalue weighted by Crippen LogP contribution is -2.42. The van der Waals surface area contributed by atoms with Crippen molar-refractivity contribution in [3.63, 3.8) is 0 Å². The average Bonchev–Trinajstić information content (AvgIpc) is 2.95. The SMILES string of the molecule is CCC(=O)Nc1ccc(Cl)c(NC(=O)C(C)N2CCCC2=O)c1. The molecular weight excluding hydrogens is 318 g/mol. The number of amides is 3. The fourth-order valence-corrected chi connectivity index (χ4v) is 2.57. The van der Waals surface area contributed by atoms with E-state index in [1.807, 2.05) is 0 Å². The number of nitrogens with zero attached hydrogens (tertiary/aromatic N) is 1. The first-order valence-corrected chi connectivity index (χ1v) is 8.00. The van der Waals surface area contributed by atoms with Crippen LogP contribution in [-0.2, 0) is 14.4 Å². The quantitative estimate of drug-likeness (QED) is 0.867. The van der Waals surface area contributed by atoms with Gasteiger partial charge >= 0.3 is 0 Å². The largest absolute Gasteiger partial charge is 0.331 e. The minimum absolute atomic E-state index is 0.0114. The lowest BCUT2D eigenvalue weighted by molar-refractivity contribution is -0.134. The van der Waals surface area contributed by atoms with Crippen molar-refractivity contribution in [2.24, 2.45) is 0 Å². The van der Waals surface area contributed by atoms with Gasteiger partial charge in [0.05, 0.1) is 10.7 Å². The summed E-state index contributed by atoms with van der Waals surface area (Å²) < 4.78 is 0. The fourth-order valence-electron chi connectivity index (χ4n) is 2.41. The maximum atomic E-state index is 12.3. The lowest BCUT2D eigenvalue weighted by atomic mass is 10.2. The number of hydrogen-bond acceptors (Lipinski definition) is 3. The summed E-state index contributed by atoms with van der Waals surface area (Å²) in [6, 6.07) is 4.31. The predicted octanol–water partition coefficient (Wildman–Crippen LogP) is 2.64. The number of rotatable bonds is 5. The standard InChI is InChI=1S/C16H20ClN3O3/c1-3-14(21)18-11-6-7-12(17)13(9-11)19-16(23)10(2)20-8-4-5-15(20)22/h6-7,9-10H,3-5,8H2,1-2H3,(H,18,21)(H,19,23). The number of nitrogens with one attached hydrogen (secondary N) is 2. The van der Waals surface area contributed by atoms with Gasteiger partial charge in [-0.15, -0.1) is 0 Å². The molecule has 0 aliphatic carbocycles. The van der Waals surface area contributed by atoms with Crippen LogP contribution in [-0.4, -0.2) is 35.2 Å². The maximum Gasteiger partial charge on any atom is 0.246 e.